The van der Waals surface area contributed by atoms with Crippen LogP contribution in [0, 0.1) is 0 Å². The van der Waals surface area contributed by atoms with Gasteiger partial charge in [0.05, 0.1) is 13.2 Å². The lowest BCUT2D eigenvalue weighted by Gasteiger charge is -2.21. The molecular weight excluding hydrogens is 240 g/mol. The highest BCUT2D eigenvalue weighted by Crippen LogP contribution is 2.24. The van der Waals surface area contributed by atoms with Crippen LogP contribution in [0.25, 0.3) is 0 Å². The minimum Gasteiger partial charge on any atom is -0.496 e. The zero-order chi connectivity index (χ0) is 14.3. The maximum atomic E-state index is 11.8. The Morgan fingerprint density at radius 2 is 2.11 bits per heavy atom. The van der Waals surface area contributed by atoms with Crippen LogP contribution in [0.1, 0.15) is 25.5 Å². The van der Waals surface area contributed by atoms with E-state index in [2.05, 4.69) is 17.2 Å². The summed E-state index contributed by atoms with van der Waals surface area (Å²) in [5.41, 5.74) is 1.04. The maximum Gasteiger partial charge on any atom is 0.237 e. The second kappa shape index (κ2) is 7.59. The van der Waals surface area contributed by atoms with Crippen molar-refractivity contribution < 1.29 is 9.53 Å². The molecule has 0 fully saturated rings. The molecule has 4 heteroatoms. The fraction of sp³-hybridized carbons (Fsp3) is 0.400. The third-order valence-electron chi connectivity index (χ3n) is 2.92. The summed E-state index contributed by atoms with van der Waals surface area (Å²) in [6, 6.07) is 7.54. The van der Waals surface area contributed by atoms with Gasteiger partial charge in [0.1, 0.15) is 5.75 Å². The van der Waals surface area contributed by atoms with Crippen LogP contribution in [0.5, 0.6) is 5.75 Å². The zero-order valence-electron chi connectivity index (χ0n) is 11.8. The van der Waals surface area contributed by atoms with Gasteiger partial charge in [-0.2, -0.15) is 0 Å². The Hall–Kier alpha value is -1.81. The van der Waals surface area contributed by atoms with E-state index in [1.165, 1.54) is 0 Å². The average molecular weight is 262 g/mol. The molecule has 0 bridgehead atoms. The van der Waals surface area contributed by atoms with Gasteiger partial charge in [0.25, 0.3) is 0 Å². The molecule has 1 unspecified atom stereocenters. The van der Waals surface area contributed by atoms with Crippen molar-refractivity contribution in [2.75, 3.05) is 13.7 Å². The molecule has 19 heavy (non-hydrogen) atoms. The van der Waals surface area contributed by atoms with Crippen molar-refractivity contribution in [3.63, 3.8) is 0 Å². The molecule has 104 valence electrons. The second-order valence-electron chi connectivity index (χ2n) is 4.39. The number of benzene rings is 1. The predicted octanol–water partition coefficient (Wildman–Crippen LogP) is 2.04. The summed E-state index contributed by atoms with van der Waals surface area (Å²) >= 11 is 0. The fourth-order valence-electron chi connectivity index (χ4n) is 1.89. The molecular formula is C15H22N2O2. The highest BCUT2D eigenvalue weighted by Gasteiger charge is 2.17. The van der Waals surface area contributed by atoms with Crippen LogP contribution < -0.4 is 15.4 Å². The maximum absolute atomic E-state index is 11.8. The molecule has 0 saturated carbocycles. The van der Waals surface area contributed by atoms with Crippen molar-refractivity contribution in [2.45, 2.75) is 25.9 Å². The van der Waals surface area contributed by atoms with Crippen LogP contribution in [0.15, 0.2) is 36.9 Å². The first-order valence-electron chi connectivity index (χ1n) is 6.37. The molecule has 2 N–H and O–H groups in total. The van der Waals surface area contributed by atoms with E-state index in [9.17, 15) is 4.79 Å². The quantitative estimate of drug-likeness (QED) is 0.739. The molecule has 0 aliphatic rings. The number of amides is 1. The van der Waals surface area contributed by atoms with Crippen LogP contribution >= 0.6 is 0 Å². The van der Waals surface area contributed by atoms with Gasteiger partial charge in [-0.3, -0.25) is 10.1 Å². The van der Waals surface area contributed by atoms with Gasteiger partial charge in [-0.05, 0) is 19.9 Å². The summed E-state index contributed by atoms with van der Waals surface area (Å²) in [7, 11) is 1.64. The number of para-hydroxylation sites is 1. The fourth-order valence-corrected chi connectivity index (χ4v) is 1.89. The van der Waals surface area contributed by atoms with E-state index in [0.29, 0.717) is 6.54 Å². The molecule has 0 radical (unpaired) electrons. The molecule has 1 amide bonds. The van der Waals surface area contributed by atoms with Crippen LogP contribution in [-0.4, -0.2) is 25.6 Å². The number of rotatable bonds is 7. The number of ether oxygens (including phenoxy) is 1. The van der Waals surface area contributed by atoms with Gasteiger partial charge in [0.2, 0.25) is 5.91 Å². The lowest BCUT2D eigenvalue weighted by molar-refractivity contribution is -0.122. The number of hydrogen-bond donors (Lipinski definition) is 2. The largest absolute Gasteiger partial charge is 0.496 e. The van der Waals surface area contributed by atoms with E-state index < -0.39 is 0 Å². The summed E-state index contributed by atoms with van der Waals surface area (Å²) in [4.78, 5) is 11.8. The Balaban J connectivity index is 2.65. The van der Waals surface area contributed by atoms with Crippen molar-refractivity contribution in [2.24, 2.45) is 0 Å². The van der Waals surface area contributed by atoms with Crippen molar-refractivity contribution in [3.8, 4) is 5.75 Å². The van der Waals surface area contributed by atoms with Gasteiger partial charge >= 0.3 is 0 Å². The molecule has 4 nitrogen and oxygen atoms in total. The second-order valence-corrected chi connectivity index (χ2v) is 4.39. The molecule has 0 heterocycles. The number of carbonyl (C=O) groups is 1. The molecule has 1 aromatic carbocycles. The summed E-state index contributed by atoms with van der Waals surface area (Å²) in [5, 5.41) is 6.02. The number of hydrogen-bond acceptors (Lipinski definition) is 3. The van der Waals surface area contributed by atoms with E-state index in [1.54, 1.807) is 13.2 Å². The zero-order valence-corrected chi connectivity index (χ0v) is 11.8. The first-order valence-corrected chi connectivity index (χ1v) is 6.37. The van der Waals surface area contributed by atoms with Gasteiger partial charge in [-0.25, -0.2) is 0 Å². The molecule has 0 aliphatic carbocycles. The van der Waals surface area contributed by atoms with E-state index in [4.69, 9.17) is 4.74 Å². The van der Waals surface area contributed by atoms with E-state index in [0.717, 1.165) is 11.3 Å². The van der Waals surface area contributed by atoms with Crippen LogP contribution in [-0.2, 0) is 4.79 Å². The molecule has 2 atom stereocenters. The van der Waals surface area contributed by atoms with E-state index >= 15 is 0 Å². The summed E-state index contributed by atoms with van der Waals surface area (Å²) in [6.07, 6.45) is 1.66. The minimum absolute atomic E-state index is 0.0284. The van der Waals surface area contributed by atoms with Gasteiger partial charge < -0.3 is 10.1 Å². The lowest BCUT2D eigenvalue weighted by atomic mass is 10.1. The van der Waals surface area contributed by atoms with Crippen molar-refractivity contribution in [1.82, 2.24) is 10.6 Å². The normalized spacial score (nSPS) is 13.4. The molecule has 0 aliphatic heterocycles. The van der Waals surface area contributed by atoms with Gasteiger partial charge in [-0.1, -0.05) is 24.3 Å². The first-order chi connectivity index (χ1) is 9.10. The molecule has 1 aromatic rings. The predicted molar refractivity (Wildman–Crippen MR) is 77.2 cm³/mol. The third-order valence-corrected chi connectivity index (χ3v) is 2.92. The third kappa shape index (κ3) is 4.41. The Labute approximate surface area is 114 Å². The first kappa shape index (κ1) is 15.2. The van der Waals surface area contributed by atoms with Crippen LogP contribution in [0.4, 0.5) is 0 Å². The van der Waals surface area contributed by atoms with Crippen molar-refractivity contribution in [3.05, 3.63) is 42.5 Å². The monoisotopic (exact) mass is 262 g/mol. The Morgan fingerprint density at radius 1 is 1.42 bits per heavy atom. The van der Waals surface area contributed by atoms with Crippen LogP contribution in [0.2, 0.25) is 0 Å². The molecule has 0 spiro atoms. The van der Waals surface area contributed by atoms with Crippen LogP contribution in [0.3, 0.4) is 0 Å². The van der Waals surface area contributed by atoms with Gasteiger partial charge in [0, 0.05) is 18.2 Å². The highest BCUT2D eigenvalue weighted by molar-refractivity contribution is 5.81. The Kier molecular flexibility index (Phi) is 6.09. The Bertz CT molecular complexity index is 432. The topological polar surface area (TPSA) is 50.4 Å². The highest BCUT2D eigenvalue weighted by atomic mass is 16.5. The average Bonchev–Trinajstić information content (AvgIpc) is 2.44. The Morgan fingerprint density at radius 3 is 2.74 bits per heavy atom. The lowest BCUT2D eigenvalue weighted by Crippen LogP contribution is -2.43. The summed E-state index contributed by atoms with van der Waals surface area (Å²) < 4.78 is 5.32. The summed E-state index contributed by atoms with van der Waals surface area (Å²) in [5.74, 6) is 0.780. The van der Waals surface area contributed by atoms with Gasteiger partial charge in [0.15, 0.2) is 0 Å². The van der Waals surface area contributed by atoms with Crippen molar-refractivity contribution in [1.29, 1.82) is 0 Å². The molecule has 0 aromatic heterocycles. The number of nitrogens with one attached hydrogen (secondary N) is 2. The molecule has 0 saturated heterocycles. The van der Waals surface area contributed by atoms with Gasteiger partial charge in [-0.15, -0.1) is 6.58 Å². The van der Waals surface area contributed by atoms with E-state index in [1.807, 2.05) is 38.1 Å². The standard InChI is InChI=1S/C15H22N2O2/c1-5-10-16-15(18)12(3)17-11(2)13-8-6-7-9-14(13)19-4/h5-9,11-12,17H,1,10H2,2-4H3,(H,16,18)/t11-,12?/m0/s1. The number of methoxy groups -OCH3 is 1. The molecule has 1 rings (SSSR count). The summed E-state index contributed by atoms with van der Waals surface area (Å²) in [6.45, 7) is 7.90. The smallest absolute Gasteiger partial charge is 0.237 e. The number of carbonyl (C=O) groups excluding carboxylic acids is 1. The van der Waals surface area contributed by atoms with Crippen molar-refractivity contribution >= 4 is 5.91 Å². The van der Waals surface area contributed by atoms with E-state index in [-0.39, 0.29) is 18.0 Å². The SMILES string of the molecule is C=CCNC(=O)C(C)N[C@@H](C)c1ccccc1OC. The minimum atomic E-state index is -0.278.